The number of rotatable bonds is 6. The van der Waals surface area contributed by atoms with Crippen LogP contribution in [0, 0.1) is 0 Å². The fourth-order valence-corrected chi connectivity index (χ4v) is 5.38. The fourth-order valence-electron chi connectivity index (χ4n) is 5.18. The molecule has 0 bridgehead atoms. The second-order valence-corrected chi connectivity index (χ2v) is 10.4. The Balaban J connectivity index is 1.23. The highest BCUT2D eigenvalue weighted by atomic mass is 35.5. The Labute approximate surface area is 241 Å². The number of fused-ring (bicyclic) bond motifs is 1. The average molecular weight is 567 g/mol. The van der Waals surface area contributed by atoms with E-state index in [4.69, 9.17) is 11.6 Å². The van der Waals surface area contributed by atoms with E-state index in [0.29, 0.717) is 33.0 Å². The summed E-state index contributed by atoms with van der Waals surface area (Å²) >= 11 is 6.26. The van der Waals surface area contributed by atoms with Crippen LogP contribution in [0.5, 0.6) is 5.75 Å². The number of hydrogen-bond donors (Lipinski definition) is 3. The Morgan fingerprint density at radius 2 is 1.73 bits per heavy atom. The van der Waals surface area contributed by atoms with Gasteiger partial charge in [0.15, 0.2) is 0 Å². The number of nitrogens with zero attached hydrogens (tertiary/aromatic N) is 4. The first-order valence-electron chi connectivity index (χ1n) is 13.4. The molecule has 10 heteroatoms. The second kappa shape index (κ2) is 11.4. The molecule has 2 aromatic heterocycles. The van der Waals surface area contributed by atoms with Crippen molar-refractivity contribution in [2.45, 2.75) is 38.1 Å². The molecule has 0 radical (unpaired) electrons. The zero-order valence-electron chi connectivity index (χ0n) is 22.0. The number of para-hydroxylation sites is 2. The molecule has 2 heterocycles. The molecule has 41 heavy (non-hydrogen) atoms. The molecule has 0 saturated heterocycles. The van der Waals surface area contributed by atoms with Crippen molar-refractivity contribution in [1.82, 2.24) is 25.1 Å². The van der Waals surface area contributed by atoms with Crippen LogP contribution in [0.2, 0.25) is 5.02 Å². The van der Waals surface area contributed by atoms with Gasteiger partial charge < -0.3 is 15.7 Å². The summed E-state index contributed by atoms with van der Waals surface area (Å²) in [5.41, 5.74) is 4.39. The van der Waals surface area contributed by atoms with E-state index in [1.165, 1.54) is 16.9 Å². The number of phenolic OH excluding ortho intramolecular Hbond substituents is 1. The molecule has 6 rings (SSSR count). The molecule has 206 valence electrons. The number of phenols is 1. The zero-order chi connectivity index (χ0) is 28.3. The monoisotopic (exact) mass is 566 g/mol. The normalized spacial score (nSPS) is 13.4. The molecule has 1 saturated carbocycles. The molecule has 1 fully saturated rings. The molecule has 1 aliphatic carbocycles. The largest absolute Gasteiger partial charge is 0.507 e. The Hall–Kier alpha value is -4.76. The lowest BCUT2D eigenvalue weighted by Gasteiger charge is -2.12. The summed E-state index contributed by atoms with van der Waals surface area (Å²) in [4.78, 5) is 34.7. The topological polar surface area (TPSA) is 122 Å². The standard InChI is InChI=1S/C31H27ClN6O3/c32-23-10-4-3-9-20(23)17-34-31(41)38-28(19-7-1-2-8-19)16-26(37-38)22-14-13-21(15-29(22)39)35-30(40)27-18-33-24-11-5-6-12-25(24)36-27/h3-6,9-16,18-19,39H,1-2,7-8,17H2,(H,34,41)(H,35,40). The second-order valence-electron chi connectivity index (χ2n) is 10.0. The lowest BCUT2D eigenvalue weighted by molar-refractivity contribution is 0.102. The Kier molecular flexibility index (Phi) is 7.35. The van der Waals surface area contributed by atoms with E-state index in [-0.39, 0.29) is 29.9 Å². The maximum atomic E-state index is 13.3. The van der Waals surface area contributed by atoms with Crippen molar-refractivity contribution in [3.8, 4) is 17.0 Å². The molecule has 2 amide bonds. The van der Waals surface area contributed by atoms with Crippen LogP contribution in [0.4, 0.5) is 10.5 Å². The highest BCUT2D eigenvalue weighted by molar-refractivity contribution is 6.31. The van der Waals surface area contributed by atoms with Gasteiger partial charge in [-0.3, -0.25) is 9.78 Å². The summed E-state index contributed by atoms with van der Waals surface area (Å²) in [6, 6.07) is 20.9. The van der Waals surface area contributed by atoms with Crippen molar-refractivity contribution in [2.24, 2.45) is 0 Å². The predicted molar refractivity (Wildman–Crippen MR) is 157 cm³/mol. The van der Waals surface area contributed by atoms with Crippen molar-refractivity contribution >= 4 is 40.3 Å². The summed E-state index contributed by atoms with van der Waals surface area (Å²) in [7, 11) is 0. The van der Waals surface area contributed by atoms with Gasteiger partial charge in [-0.15, -0.1) is 0 Å². The van der Waals surface area contributed by atoms with Crippen molar-refractivity contribution in [3.63, 3.8) is 0 Å². The number of nitrogens with one attached hydrogen (secondary N) is 2. The van der Waals surface area contributed by atoms with E-state index < -0.39 is 5.91 Å². The van der Waals surface area contributed by atoms with Crippen molar-refractivity contribution in [2.75, 3.05) is 5.32 Å². The van der Waals surface area contributed by atoms with Gasteiger partial charge in [-0.1, -0.05) is 54.8 Å². The molecule has 5 aromatic rings. The molecule has 3 N–H and O–H groups in total. The van der Waals surface area contributed by atoms with Crippen molar-refractivity contribution in [3.05, 3.63) is 101 Å². The Morgan fingerprint density at radius 3 is 2.51 bits per heavy atom. The SMILES string of the molecule is O=C(Nc1ccc(-c2cc(C3CCCC3)n(C(=O)NCc3ccccc3Cl)n2)c(O)c1)c1cnc2ccccc2n1. The minimum Gasteiger partial charge on any atom is -0.507 e. The molecule has 0 spiro atoms. The van der Waals surface area contributed by atoms with Gasteiger partial charge >= 0.3 is 6.03 Å². The van der Waals surface area contributed by atoms with Gasteiger partial charge in [-0.05, 0) is 54.8 Å². The summed E-state index contributed by atoms with van der Waals surface area (Å²) in [5, 5.41) is 21.8. The number of benzene rings is 3. The third-order valence-corrected chi connectivity index (χ3v) is 7.67. The number of hydrogen-bond acceptors (Lipinski definition) is 6. The van der Waals surface area contributed by atoms with Crippen molar-refractivity contribution in [1.29, 1.82) is 0 Å². The van der Waals surface area contributed by atoms with E-state index in [1.54, 1.807) is 24.3 Å². The summed E-state index contributed by atoms with van der Waals surface area (Å²) in [6.07, 6.45) is 5.54. The van der Waals surface area contributed by atoms with Gasteiger partial charge in [-0.2, -0.15) is 9.78 Å². The molecule has 9 nitrogen and oxygen atoms in total. The van der Waals surface area contributed by atoms with Crippen LogP contribution in [-0.2, 0) is 6.54 Å². The van der Waals surface area contributed by atoms with Gasteiger partial charge in [0, 0.05) is 34.8 Å². The van der Waals surface area contributed by atoms with E-state index in [9.17, 15) is 14.7 Å². The zero-order valence-corrected chi connectivity index (χ0v) is 22.8. The number of carbonyl (C=O) groups is 2. The minimum atomic E-state index is -0.446. The molecule has 3 aromatic carbocycles. The lowest BCUT2D eigenvalue weighted by atomic mass is 10.0. The van der Waals surface area contributed by atoms with E-state index in [2.05, 4.69) is 25.7 Å². The number of amides is 2. The van der Waals surface area contributed by atoms with Crippen LogP contribution in [0.1, 0.15) is 53.3 Å². The highest BCUT2D eigenvalue weighted by Gasteiger charge is 2.26. The van der Waals surface area contributed by atoms with E-state index >= 15 is 0 Å². The maximum absolute atomic E-state index is 13.3. The Morgan fingerprint density at radius 1 is 0.976 bits per heavy atom. The number of aromatic hydroxyl groups is 1. The van der Waals surface area contributed by atoms with Crippen LogP contribution in [0.15, 0.2) is 79.0 Å². The van der Waals surface area contributed by atoms with Crippen LogP contribution >= 0.6 is 11.6 Å². The molecule has 0 unspecified atom stereocenters. The van der Waals surface area contributed by atoms with Crippen molar-refractivity contribution < 1.29 is 14.7 Å². The smallest absolute Gasteiger partial charge is 0.342 e. The van der Waals surface area contributed by atoms with Gasteiger partial charge in [0.1, 0.15) is 11.4 Å². The predicted octanol–water partition coefficient (Wildman–Crippen LogP) is 6.52. The van der Waals surface area contributed by atoms with Gasteiger partial charge in [0.2, 0.25) is 0 Å². The molecular weight excluding hydrogens is 540 g/mol. The van der Waals surface area contributed by atoms with Gasteiger partial charge in [-0.25, -0.2) is 9.78 Å². The van der Waals surface area contributed by atoms with Gasteiger partial charge in [0.05, 0.1) is 28.6 Å². The van der Waals surface area contributed by atoms with Gasteiger partial charge in [0.25, 0.3) is 5.91 Å². The Bertz CT molecular complexity index is 1760. The average Bonchev–Trinajstić information content (AvgIpc) is 3.67. The first-order valence-corrected chi connectivity index (χ1v) is 13.8. The van der Waals surface area contributed by atoms with Crippen LogP contribution < -0.4 is 10.6 Å². The number of aromatic nitrogens is 4. The first-order chi connectivity index (χ1) is 20.0. The van der Waals surface area contributed by atoms with Crippen LogP contribution in [0.3, 0.4) is 0 Å². The summed E-state index contributed by atoms with van der Waals surface area (Å²) in [6.45, 7) is 0.263. The quantitative estimate of drug-likeness (QED) is 0.215. The van der Waals surface area contributed by atoms with E-state index in [1.807, 2.05) is 42.5 Å². The summed E-state index contributed by atoms with van der Waals surface area (Å²) in [5.74, 6) is -0.323. The highest BCUT2D eigenvalue weighted by Crippen LogP contribution is 2.38. The fraction of sp³-hybridized carbons (Fsp3) is 0.194. The molecular formula is C31H27ClN6O3. The van der Waals surface area contributed by atoms with E-state index in [0.717, 1.165) is 36.9 Å². The third kappa shape index (κ3) is 5.62. The summed E-state index contributed by atoms with van der Waals surface area (Å²) < 4.78 is 1.40. The minimum absolute atomic E-state index is 0.0773. The third-order valence-electron chi connectivity index (χ3n) is 7.30. The number of anilines is 1. The van der Waals surface area contributed by atoms with Crippen LogP contribution in [0.25, 0.3) is 22.3 Å². The lowest BCUT2D eigenvalue weighted by Crippen LogP contribution is -2.30. The molecule has 1 aliphatic rings. The molecule has 0 aliphatic heterocycles. The first kappa shape index (κ1) is 26.5. The van der Waals surface area contributed by atoms with Crippen LogP contribution in [-0.4, -0.2) is 36.8 Å². The number of carbonyl (C=O) groups excluding carboxylic acids is 2. The number of halogens is 1. The molecule has 0 atom stereocenters. The maximum Gasteiger partial charge on any atom is 0.342 e.